The molecule has 1 spiro atoms. The largest absolute Gasteiger partial charge is 0.487 e. The summed E-state index contributed by atoms with van der Waals surface area (Å²) in [6.45, 7) is 1.99. The van der Waals surface area contributed by atoms with Gasteiger partial charge >= 0.3 is 0 Å². The lowest BCUT2D eigenvalue weighted by molar-refractivity contribution is 0.0169. The van der Waals surface area contributed by atoms with Crippen LogP contribution < -0.4 is 10.1 Å². The molecule has 0 bridgehead atoms. The Balaban J connectivity index is 0.00000147. The molecule has 2 aliphatic heterocycles. The highest BCUT2D eigenvalue weighted by atomic mass is 35.5. The second-order valence-electron chi connectivity index (χ2n) is 5.58. The number of hydrogen-bond donors (Lipinski definition) is 1. The van der Waals surface area contributed by atoms with Crippen molar-refractivity contribution in [2.45, 2.75) is 36.2 Å². The lowest BCUT2D eigenvalue weighted by Crippen LogP contribution is -2.48. The zero-order valence-corrected chi connectivity index (χ0v) is 13.1. The molecule has 1 fully saturated rings. The lowest BCUT2D eigenvalue weighted by atomic mass is 9.84. The van der Waals surface area contributed by atoms with Crippen LogP contribution in [-0.2, 0) is 16.3 Å². The van der Waals surface area contributed by atoms with Gasteiger partial charge in [0.1, 0.15) is 11.4 Å². The molecule has 0 amide bonds. The summed E-state index contributed by atoms with van der Waals surface area (Å²) >= 11 is 0. The van der Waals surface area contributed by atoms with Gasteiger partial charge in [-0.25, -0.2) is 8.42 Å². The van der Waals surface area contributed by atoms with E-state index < -0.39 is 9.84 Å². The number of halogens is 1. The molecule has 2 aliphatic rings. The predicted octanol–water partition coefficient (Wildman–Crippen LogP) is 1.96. The first-order valence-electron chi connectivity index (χ1n) is 6.71. The zero-order valence-electron chi connectivity index (χ0n) is 11.5. The Kier molecular flexibility index (Phi) is 4.33. The molecule has 1 saturated heterocycles. The minimum Gasteiger partial charge on any atom is -0.487 e. The molecule has 0 unspecified atom stereocenters. The number of hydrogen-bond acceptors (Lipinski definition) is 4. The molecule has 0 saturated carbocycles. The lowest BCUT2D eigenvalue weighted by Gasteiger charge is -2.41. The summed E-state index contributed by atoms with van der Waals surface area (Å²) in [6, 6.07) is 5.22. The Hall–Kier alpha value is -0.780. The van der Waals surface area contributed by atoms with E-state index in [-0.39, 0.29) is 18.0 Å². The Morgan fingerprint density at radius 3 is 2.55 bits per heavy atom. The highest BCUT2D eigenvalue weighted by Crippen LogP contribution is 2.38. The fourth-order valence-corrected chi connectivity index (χ4v) is 3.63. The molecule has 4 nitrogen and oxygen atoms in total. The van der Waals surface area contributed by atoms with E-state index in [0.717, 1.165) is 50.1 Å². The summed E-state index contributed by atoms with van der Waals surface area (Å²) in [5.74, 6) is 0.862. The fourth-order valence-electron chi connectivity index (χ4n) is 2.96. The minimum atomic E-state index is -3.14. The van der Waals surface area contributed by atoms with Crippen LogP contribution in [0.2, 0.25) is 0 Å². The van der Waals surface area contributed by atoms with Gasteiger partial charge in [0.15, 0.2) is 9.84 Å². The summed E-state index contributed by atoms with van der Waals surface area (Å²) in [6.07, 6.45) is 5.18. The summed E-state index contributed by atoms with van der Waals surface area (Å²) < 4.78 is 29.3. The first kappa shape index (κ1) is 15.6. The summed E-state index contributed by atoms with van der Waals surface area (Å²) in [5.41, 5.74) is 0.984. The molecule has 1 N–H and O–H groups in total. The number of ether oxygens (including phenoxy) is 1. The number of sulfone groups is 1. The van der Waals surface area contributed by atoms with Crippen molar-refractivity contribution in [3.05, 3.63) is 23.8 Å². The monoisotopic (exact) mass is 317 g/mol. The van der Waals surface area contributed by atoms with Gasteiger partial charge in [-0.1, -0.05) is 0 Å². The van der Waals surface area contributed by atoms with E-state index in [2.05, 4.69) is 5.32 Å². The Morgan fingerprint density at radius 1 is 1.20 bits per heavy atom. The molecule has 0 radical (unpaired) electrons. The zero-order chi connectivity index (χ0) is 13.5. The van der Waals surface area contributed by atoms with Crippen LogP contribution in [0, 0.1) is 0 Å². The maximum atomic E-state index is 11.6. The molecule has 6 heteroatoms. The standard InChI is InChI=1S/C14H19NO3S.ClH/c1-19(16,17)12-2-3-13-11(10-12)4-5-14(18-13)6-8-15-9-7-14;/h2-3,10,15H,4-9H2,1H3;1H. The molecule has 0 aliphatic carbocycles. The molecule has 1 aromatic carbocycles. The topological polar surface area (TPSA) is 55.4 Å². The second kappa shape index (κ2) is 5.54. The van der Waals surface area contributed by atoms with Crippen LogP contribution in [-0.4, -0.2) is 33.4 Å². The van der Waals surface area contributed by atoms with Crippen molar-refractivity contribution >= 4 is 22.2 Å². The van der Waals surface area contributed by atoms with E-state index in [1.54, 1.807) is 12.1 Å². The quantitative estimate of drug-likeness (QED) is 0.860. The van der Waals surface area contributed by atoms with Gasteiger partial charge in [-0.3, -0.25) is 0 Å². The smallest absolute Gasteiger partial charge is 0.175 e. The van der Waals surface area contributed by atoms with Crippen LogP contribution >= 0.6 is 12.4 Å². The van der Waals surface area contributed by atoms with Gasteiger partial charge in [-0.05, 0) is 62.5 Å². The first-order valence-corrected chi connectivity index (χ1v) is 8.60. The fraction of sp³-hybridized carbons (Fsp3) is 0.571. The van der Waals surface area contributed by atoms with E-state index in [1.807, 2.05) is 6.07 Å². The maximum absolute atomic E-state index is 11.6. The number of aryl methyl sites for hydroxylation is 1. The number of rotatable bonds is 1. The van der Waals surface area contributed by atoms with E-state index in [9.17, 15) is 8.42 Å². The van der Waals surface area contributed by atoms with Crippen molar-refractivity contribution in [3.8, 4) is 5.75 Å². The van der Waals surface area contributed by atoms with Crippen molar-refractivity contribution in [2.24, 2.45) is 0 Å². The van der Waals surface area contributed by atoms with Gasteiger partial charge in [0.05, 0.1) is 4.90 Å². The van der Waals surface area contributed by atoms with Crippen LogP contribution in [0.15, 0.2) is 23.1 Å². The van der Waals surface area contributed by atoms with Gasteiger partial charge in [-0.2, -0.15) is 0 Å². The molecule has 0 atom stereocenters. The minimum absolute atomic E-state index is 0. The number of nitrogens with one attached hydrogen (secondary N) is 1. The SMILES string of the molecule is CS(=O)(=O)c1ccc2c(c1)CCC1(CCNCC1)O2.Cl. The summed E-state index contributed by atoms with van der Waals surface area (Å²) in [4.78, 5) is 0.385. The number of benzene rings is 1. The van der Waals surface area contributed by atoms with E-state index in [0.29, 0.717) is 4.90 Å². The Morgan fingerprint density at radius 2 is 1.90 bits per heavy atom. The van der Waals surface area contributed by atoms with Gasteiger partial charge in [0.2, 0.25) is 0 Å². The third kappa shape index (κ3) is 2.95. The van der Waals surface area contributed by atoms with E-state index in [4.69, 9.17) is 4.74 Å². The van der Waals surface area contributed by atoms with Crippen LogP contribution in [0.5, 0.6) is 5.75 Å². The van der Waals surface area contributed by atoms with Crippen molar-refractivity contribution in [2.75, 3.05) is 19.3 Å². The summed E-state index contributed by atoms with van der Waals surface area (Å²) in [5, 5.41) is 3.35. The van der Waals surface area contributed by atoms with Crippen molar-refractivity contribution in [1.29, 1.82) is 0 Å². The van der Waals surface area contributed by atoms with Gasteiger partial charge in [-0.15, -0.1) is 12.4 Å². The van der Waals surface area contributed by atoms with Crippen molar-refractivity contribution < 1.29 is 13.2 Å². The molecule has 112 valence electrons. The Bertz CT molecular complexity index is 594. The number of piperidine rings is 1. The van der Waals surface area contributed by atoms with Crippen molar-refractivity contribution in [3.63, 3.8) is 0 Å². The highest BCUT2D eigenvalue weighted by Gasteiger charge is 2.37. The van der Waals surface area contributed by atoms with Gasteiger partial charge in [0, 0.05) is 6.26 Å². The average molecular weight is 318 g/mol. The van der Waals surface area contributed by atoms with Gasteiger partial charge < -0.3 is 10.1 Å². The molecule has 20 heavy (non-hydrogen) atoms. The van der Waals surface area contributed by atoms with E-state index >= 15 is 0 Å². The van der Waals surface area contributed by atoms with E-state index in [1.165, 1.54) is 6.26 Å². The number of fused-ring (bicyclic) bond motifs is 1. The van der Waals surface area contributed by atoms with Crippen LogP contribution in [0.4, 0.5) is 0 Å². The van der Waals surface area contributed by atoms with Crippen LogP contribution in [0.1, 0.15) is 24.8 Å². The molecule has 0 aromatic heterocycles. The van der Waals surface area contributed by atoms with Gasteiger partial charge in [0.25, 0.3) is 0 Å². The van der Waals surface area contributed by atoms with Crippen molar-refractivity contribution in [1.82, 2.24) is 5.32 Å². The van der Waals surface area contributed by atoms with Crippen LogP contribution in [0.25, 0.3) is 0 Å². The Labute approximate surface area is 126 Å². The highest BCUT2D eigenvalue weighted by molar-refractivity contribution is 7.90. The molecule has 3 rings (SSSR count). The van der Waals surface area contributed by atoms with Crippen LogP contribution in [0.3, 0.4) is 0 Å². The average Bonchev–Trinajstić information content (AvgIpc) is 2.38. The third-order valence-corrected chi connectivity index (χ3v) is 5.26. The predicted molar refractivity (Wildman–Crippen MR) is 80.6 cm³/mol. The third-order valence-electron chi connectivity index (χ3n) is 4.15. The normalized spacial score (nSPS) is 20.6. The molecular weight excluding hydrogens is 298 g/mol. The molecular formula is C14H20ClNO3S. The molecule has 2 heterocycles. The maximum Gasteiger partial charge on any atom is 0.175 e. The second-order valence-corrected chi connectivity index (χ2v) is 7.59. The first-order chi connectivity index (χ1) is 8.99. The molecule has 1 aromatic rings. The summed E-state index contributed by atoms with van der Waals surface area (Å²) in [7, 11) is -3.14.